The highest BCUT2D eigenvalue weighted by atomic mass is 79.9. The molecular weight excluding hydrogens is 314 g/mol. The molecule has 2 rings (SSSR count). The van der Waals surface area contributed by atoms with Crippen molar-refractivity contribution < 1.29 is 4.74 Å². The molecular formula is C17H20BrNO. The molecule has 0 aliphatic rings. The molecule has 0 bridgehead atoms. The third-order valence-electron chi connectivity index (χ3n) is 2.98. The van der Waals surface area contributed by atoms with Crippen LogP contribution in [0.4, 0.5) is 0 Å². The summed E-state index contributed by atoms with van der Waals surface area (Å²) in [5, 5.41) is 3.42. The summed E-state index contributed by atoms with van der Waals surface area (Å²) >= 11 is 3.52. The van der Waals surface area contributed by atoms with Gasteiger partial charge in [-0.3, -0.25) is 0 Å². The number of halogens is 1. The van der Waals surface area contributed by atoms with Crippen LogP contribution >= 0.6 is 15.9 Å². The predicted octanol–water partition coefficient (Wildman–Crippen LogP) is 5.05. The number of nitrogens with one attached hydrogen (secondary N) is 1. The first-order valence-electron chi connectivity index (χ1n) is 6.92. The summed E-state index contributed by atoms with van der Waals surface area (Å²) in [5.74, 6) is 1.78. The molecule has 0 saturated heterocycles. The largest absolute Gasteiger partial charge is 0.457 e. The highest BCUT2D eigenvalue weighted by Crippen LogP contribution is 2.28. The van der Waals surface area contributed by atoms with Gasteiger partial charge >= 0.3 is 0 Å². The van der Waals surface area contributed by atoms with Crippen molar-refractivity contribution in [3.63, 3.8) is 0 Å². The van der Waals surface area contributed by atoms with E-state index in [2.05, 4.69) is 47.2 Å². The van der Waals surface area contributed by atoms with E-state index in [0.717, 1.165) is 41.0 Å². The number of ether oxygens (including phenoxy) is 1. The second-order valence-corrected chi connectivity index (χ2v) is 5.76. The first-order valence-corrected chi connectivity index (χ1v) is 7.72. The number of hydrogen-bond acceptors (Lipinski definition) is 2. The van der Waals surface area contributed by atoms with Crippen LogP contribution in [0, 0.1) is 6.92 Å². The molecule has 2 aromatic rings. The molecule has 0 heterocycles. The van der Waals surface area contributed by atoms with E-state index in [-0.39, 0.29) is 0 Å². The average molecular weight is 334 g/mol. The van der Waals surface area contributed by atoms with Crippen molar-refractivity contribution in [2.24, 2.45) is 0 Å². The zero-order valence-corrected chi connectivity index (χ0v) is 13.5. The Balaban J connectivity index is 2.17. The van der Waals surface area contributed by atoms with Gasteiger partial charge in [-0.15, -0.1) is 0 Å². The van der Waals surface area contributed by atoms with Crippen LogP contribution in [0.2, 0.25) is 0 Å². The van der Waals surface area contributed by atoms with E-state index in [1.54, 1.807) is 0 Å². The van der Waals surface area contributed by atoms with E-state index >= 15 is 0 Å². The van der Waals surface area contributed by atoms with E-state index in [9.17, 15) is 0 Å². The molecule has 0 spiro atoms. The van der Waals surface area contributed by atoms with Crippen LogP contribution in [-0.4, -0.2) is 6.54 Å². The molecule has 1 N–H and O–H groups in total. The van der Waals surface area contributed by atoms with Gasteiger partial charge < -0.3 is 10.1 Å². The van der Waals surface area contributed by atoms with Crippen LogP contribution in [-0.2, 0) is 6.54 Å². The smallest absolute Gasteiger partial charge is 0.131 e. The molecule has 0 aliphatic carbocycles. The van der Waals surface area contributed by atoms with Gasteiger partial charge in [-0.05, 0) is 55.8 Å². The Morgan fingerprint density at radius 1 is 1.15 bits per heavy atom. The van der Waals surface area contributed by atoms with Crippen LogP contribution < -0.4 is 10.1 Å². The molecule has 0 atom stereocenters. The first kappa shape index (κ1) is 15.1. The number of rotatable bonds is 6. The lowest BCUT2D eigenvalue weighted by molar-refractivity contribution is 0.472. The Morgan fingerprint density at radius 3 is 2.75 bits per heavy atom. The van der Waals surface area contributed by atoms with E-state index in [1.165, 1.54) is 5.56 Å². The van der Waals surface area contributed by atoms with Crippen molar-refractivity contribution in [2.75, 3.05) is 6.54 Å². The zero-order valence-electron chi connectivity index (χ0n) is 11.9. The van der Waals surface area contributed by atoms with Gasteiger partial charge in [0, 0.05) is 16.6 Å². The molecule has 0 amide bonds. The molecule has 106 valence electrons. The van der Waals surface area contributed by atoms with Gasteiger partial charge in [0.15, 0.2) is 0 Å². The van der Waals surface area contributed by atoms with E-state index in [4.69, 9.17) is 4.74 Å². The average Bonchev–Trinajstić information content (AvgIpc) is 2.42. The van der Waals surface area contributed by atoms with Crippen LogP contribution in [0.25, 0.3) is 0 Å². The zero-order chi connectivity index (χ0) is 14.4. The molecule has 2 nitrogen and oxygen atoms in total. The number of aryl methyl sites for hydroxylation is 1. The Labute approximate surface area is 129 Å². The molecule has 0 aromatic heterocycles. The van der Waals surface area contributed by atoms with Gasteiger partial charge in [-0.2, -0.15) is 0 Å². The minimum absolute atomic E-state index is 0.814. The molecule has 0 aliphatic heterocycles. The van der Waals surface area contributed by atoms with Crippen LogP contribution in [0.1, 0.15) is 24.5 Å². The summed E-state index contributed by atoms with van der Waals surface area (Å²) in [6, 6.07) is 14.2. The van der Waals surface area contributed by atoms with Gasteiger partial charge in [-0.25, -0.2) is 0 Å². The third-order valence-corrected chi connectivity index (χ3v) is 3.48. The summed E-state index contributed by atoms with van der Waals surface area (Å²) < 4.78 is 7.09. The molecule has 3 heteroatoms. The fraction of sp³-hybridized carbons (Fsp3) is 0.294. The maximum Gasteiger partial charge on any atom is 0.131 e. The highest BCUT2D eigenvalue weighted by molar-refractivity contribution is 9.10. The topological polar surface area (TPSA) is 21.3 Å². The van der Waals surface area contributed by atoms with Gasteiger partial charge in [-0.1, -0.05) is 35.0 Å². The van der Waals surface area contributed by atoms with Crippen molar-refractivity contribution >= 4 is 15.9 Å². The molecule has 20 heavy (non-hydrogen) atoms. The van der Waals surface area contributed by atoms with Crippen LogP contribution in [0.5, 0.6) is 11.5 Å². The summed E-state index contributed by atoms with van der Waals surface area (Å²) in [5.41, 5.74) is 2.36. The molecule has 0 fully saturated rings. The van der Waals surface area contributed by atoms with E-state index < -0.39 is 0 Å². The first-order chi connectivity index (χ1) is 9.69. The standard InChI is InChI=1S/C17H20BrNO/c1-3-9-19-12-14-11-15(18)7-8-17(14)20-16-6-4-5-13(2)10-16/h4-8,10-11,19H,3,9,12H2,1-2H3. The van der Waals surface area contributed by atoms with E-state index in [0.29, 0.717) is 0 Å². The lowest BCUT2D eigenvalue weighted by atomic mass is 10.2. The van der Waals surface area contributed by atoms with Crippen LogP contribution in [0.15, 0.2) is 46.9 Å². The molecule has 0 saturated carbocycles. The van der Waals surface area contributed by atoms with E-state index in [1.807, 2.05) is 30.3 Å². The normalized spacial score (nSPS) is 10.6. The van der Waals surface area contributed by atoms with Gasteiger partial charge in [0.05, 0.1) is 0 Å². The third kappa shape index (κ3) is 4.36. The van der Waals surface area contributed by atoms with Crippen LogP contribution in [0.3, 0.4) is 0 Å². The van der Waals surface area contributed by atoms with Crippen molar-refractivity contribution in [1.82, 2.24) is 5.32 Å². The summed E-state index contributed by atoms with van der Waals surface area (Å²) in [6.07, 6.45) is 1.13. The quantitative estimate of drug-likeness (QED) is 0.747. The fourth-order valence-electron chi connectivity index (χ4n) is 1.99. The predicted molar refractivity (Wildman–Crippen MR) is 87.4 cm³/mol. The minimum Gasteiger partial charge on any atom is -0.457 e. The van der Waals surface area contributed by atoms with Gasteiger partial charge in [0.2, 0.25) is 0 Å². The number of benzene rings is 2. The monoisotopic (exact) mass is 333 g/mol. The summed E-state index contributed by atoms with van der Waals surface area (Å²) in [6.45, 7) is 6.06. The van der Waals surface area contributed by atoms with Gasteiger partial charge in [0.25, 0.3) is 0 Å². The van der Waals surface area contributed by atoms with Crippen molar-refractivity contribution in [3.8, 4) is 11.5 Å². The Kier molecular flexibility index (Phi) is 5.62. The van der Waals surface area contributed by atoms with Crippen molar-refractivity contribution in [1.29, 1.82) is 0 Å². The van der Waals surface area contributed by atoms with Gasteiger partial charge in [0.1, 0.15) is 11.5 Å². The molecule has 0 radical (unpaired) electrons. The fourth-order valence-corrected chi connectivity index (χ4v) is 2.40. The second-order valence-electron chi connectivity index (χ2n) is 4.85. The Morgan fingerprint density at radius 2 is 2.00 bits per heavy atom. The lowest BCUT2D eigenvalue weighted by Crippen LogP contribution is -2.14. The Hall–Kier alpha value is -1.32. The maximum atomic E-state index is 6.02. The molecule has 0 unspecified atom stereocenters. The SMILES string of the molecule is CCCNCc1cc(Br)ccc1Oc1cccc(C)c1. The summed E-state index contributed by atoms with van der Waals surface area (Å²) in [4.78, 5) is 0. The Bertz CT molecular complexity index is 569. The molecule has 2 aromatic carbocycles. The number of hydrogen-bond donors (Lipinski definition) is 1. The van der Waals surface area contributed by atoms with Crippen molar-refractivity contribution in [2.45, 2.75) is 26.8 Å². The van der Waals surface area contributed by atoms with Crippen molar-refractivity contribution in [3.05, 3.63) is 58.1 Å². The summed E-state index contributed by atoms with van der Waals surface area (Å²) in [7, 11) is 0. The highest BCUT2D eigenvalue weighted by Gasteiger charge is 2.06. The maximum absolute atomic E-state index is 6.02. The minimum atomic E-state index is 0.814. The lowest BCUT2D eigenvalue weighted by Gasteiger charge is -2.13. The second kappa shape index (κ2) is 7.46.